The van der Waals surface area contributed by atoms with Gasteiger partial charge in [-0.05, 0) is 43.9 Å². The molecule has 0 bridgehead atoms. The summed E-state index contributed by atoms with van der Waals surface area (Å²) < 4.78 is 4.78. The van der Waals surface area contributed by atoms with Crippen molar-refractivity contribution in [2.75, 3.05) is 0 Å². The second kappa shape index (κ2) is 11.5. The minimum atomic E-state index is -1.06. The third kappa shape index (κ3) is 7.97. The van der Waals surface area contributed by atoms with Crippen LogP contribution in [0.25, 0.3) is 0 Å². The molecule has 6 nitrogen and oxygen atoms in total. The highest BCUT2D eigenvalue weighted by Crippen LogP contribution is 2.11. The van der Waals surface area contributed by atoms with Crippen molar-refractivity contribution in [3.05, 3.63) is 35.4 Å². The van der Waals surface area contributed by atoms with Crippen LogP contribution in [-0.2, 0) is 26.0 Å². The van der Waals surface area contributed by atoms with Gasteiger partial charge in [0.1, 0.15) is 6.10 Å². The molecule has 6 heteroatoms. The fourth-order valence-corrected chi connectivity index (χ4v) is 1.95. The summed E-state index contributed by atoms with van der Waals surface area (Å²) in [7, 11) is 0. The van der Waals surface area contributed by atoms with Gasteiger partial charge in [0, 0.05) is 0 Å². The summed E-state index contributed by atoms with van der Waals surface area (Å²) in [6, 6.07) is 7.05. The molecular formula is C18H26O6. The van der Waals surface area contributed by atoms with Crippen LogP contribution in [0.3, 0.4) is 0 Å². The Hall–Kier alpha value is -2.08. The van der Waals surface area contributed by atoms with Gasteiger partial charge in [0.2, 0.25) is 0 Å². The lowest BCUT2D eigenvalue weighted by atomic mass is 10.0. The van der Waals surface area contributed by atoms with Crippen LogP contribution in [0, 0.1) is 0 Å². The van der Waals surface area contributed by atoms with E-state index in [-0.39, 0.29) is 6.10 Å². The number of ether oxygens (including phenoxy) is 1. The molecule has 0 amide bonds. The number of hydrogen-bond acceptors (Lipinski definition) is 6. The number of unbranched alkanes of at least 4 members (excludes halogenated alkanes) is 3. The maximum atomic E-state index is 11.7. The largest absolute Gasteiger partial charge is 0.543 e. The van der Waals surface area contributed by atoms with Crippen molar-refractivity contribution < 1.29 is 29.1 Å². The summed E-state index contributed by atoms with van der Waals surface area (Å²) in [4.78, 5) is 31.5. The van der Waals surface area contributed by atoms with Crippen molar-refractivity contribution in [3.63, 3.8) is 0 Å². The molecule has 0 saturated heterocycles. The van der Waals surface area contributed by atoms with Crippen LogP contribution in [-0.4, -0.2) is 18.2 Å². The van der Waals surface area contributed by atoms with E-state index in [9.17, 15) is 9.59 Å². The molecule has 0 N–H and O–H groups in total. The number of hydrogen-bond donors (Lipinski definition) is 0. The maximum Gasteiger partial charge on any atom is 0.543 e. The van der Waals surface area contributed by atoms with Gasteiger partial charge in [0.15, 0.2) is 0 Å². The minimum absolute atomic E-state index is 0.304. The molecule has 134 valence electrons. The lowest BCUT2D eigenvalue weighted by Gasteiger charge is -2.08. The Morgan fingerprint density at radius 3 is 2.33 bits per heavy atom. The molecule has 0 heterocycles. The minimum Gasteiger partial charge on any atom is -0.429 e. The van der Waals surface area contributed by atoms with E-state index in [1.165, 1.54) is 19.3 Å². The first-order valence-electron chi connectivity index (χ1n) is 8.41. The highest BCUT2D eigenvalue weighted by molar-refractivity contribution is 5.88. The normalized spacial score (nSPS) is 11.6. The van der Waals surface area contributed by atoms with Gasteiger partial charge in [-0.25, -0.2) is 14.5 Å². The van der Waals surface area contributed by atoms with Crippen LogP contribution >= 0.6 is 0 Å². The molecule has 0 aromatic heterocycles. The quantitative estimate of drug-likeness (QED) is 0.265. The predicted molar refractivity (Wildman–Crippen MR) is 88.1 cm³/mol. The highest BCUT2D eigenvalue weighted by Gasteiger charge is 2.14. The predicted octanol–water partition coefficient (Wildman–Crippen LogP) is 4.76. The van der Waals surface area contributed by atoms with E-state index < -0.39 is 12.1 Å². The molecule has 24 heavy (non-hydrogen) atoms. The van der Waals surface area contributed by atoms with Gasteiger partial charge in [-0.15, -0.1) is 0 Å². The number of rotatable bonds is 10. The second-order valence-electron chi connectivity index (χ2n) is 5.62. The van der Waals surface area contributed by atoms with E-state index in [2.05, 4.69) is 21.7 Å². The van der Waals surface area contributed by atoms with Crippen LogP contribution in [0.2, 0.25) is 0 Å². The SMILES string of the molecule is CCCCCCc1ccc(C(=O)OOOC(=O)OC(C)CC)cc1. The molecule has 1 aromatic rings. The molecular weight excluding hydrogens is 312 g/mol. The van der Waals surface area contributed by atoms with Crippen LogP contribution in [0.1, 0.15) is 68.8 Å². The van der Waals surface area contributed by atoms with Gasteiger partial charge in [0.25, 0.3) is 0 Å². The highest BCUT2D eigenvalue weighted by atomic mass is 17.5. The van der Waals surface area contributed by atoms with Crippen molar-refractivity contribution in [1.29, 1.82) is 0 Å². The molecule has 1 atom stereocenters. The first-order valence-corrected chi connectivity index (χ1v) is 8.41. The van der Waals surface area contributed by atoms with Crippen molar-refractivity contribution in [3.8, 4) is 0 Å². The first-order chi connectivity index (χ1) is 11.6. The molecule has 0 spiro atoms. The maximum absolute atomic E-state index is 11.7. The van der Waals surface area contributed by atoms with Crippen LogP contribution in [0.15, 0.2) is 24.3 Å². The molecule has 0 fully saturated rings. The molecule has 0 aliphatic rings. The number of carbonyl (C=O) groups is 2. The van der Waals surface area contributed by atoms with Gasteiger partial charge < -0.3 is 4.74 Å². The summed E-state index contributed by atoms with van der Waals surface area (Å²) >= 11 is 0. The van der Waals surface area contributed by atoms with Crippen molar-refractivity contribution in [2.45, 2.75) is 65.4 Å². The van der Waals surface area contributed by atoms with Crippen LogP contribution in [0.4, 0.5) is 4.79 Å². The zero-order valence-electron chi connectivity index (χ0n) is 14.6. The lowest BCUT2D eigenvalue weighted by Crippen LogP contribution is -2.16. The van der Waals surface area contributed by atoms with E-state index in [0.29, 0.717) is 12.0 Å². The summed E-state index contributed by atoms with van der Waals surface area (Å²) in [5.74, 6) is -0.746. The van der Waals surface area contributed by atoms with Crippen molar-refractivity contribution >= 4 is 12.1 Å². The van der Waals surface area contributed by atoms with E-state index in [0.717, 1.165) is 18.4 Å². The van der Waals surface area contributed by atoms with Crippen LogP contribution in [0.5, 0.6) is 0 Å². The Bertz CT molecular complexity index is 497. The van der Waals surface area contributed by atoms with Crippen molar-refractivity contribution in [1.82, 2.24) is 0 Å². The number of aryl methyl sites for hydroxylation is 1. The Labute approximate surface area is 142 Å². The average Bonchev–Trinajstić information content (AvgIpc) is 2.59. The Morgan fingerprint density at radius 2 is 1.71 bits per heavy atom. The first kappa shape index (κ1) is 20.0. The van der Waals surface area contributed by atoms with E-state index in [1.807, 2.05) is 19.1 Å². The van der Waals surface area contributed by atoms with E-state index in [1.54, 1.807) is 19.1 Å². The topological polar surface area (TPSA) is 71.1 Å². The fourth-order valence-electron chi connectivity index (χ4n) is 1.95. The van der Waals surface area contributed by atoms with Crippen LogP contribution < -0.4 is 0 Å². The fraction of sp³-hybridized carbons (Fsp3) is 0.556. The molecule has 0 radical (unpaired) electrons. The average molecular weight is 338 g/mol. The van der Waals surface area contributed by atoms with Gasteiger partial charge in [-0.1, -0.05) is 45.2 Å². The van der Waals surface area contributed by atoms with Gasteiger partial charge in [0.05, 0.1) is 10.6 Å². The van der Waals surface area contributed by atoms with E-state index >= 15 is 0 Å². The van der Waals surface area contributed by atoms with Gasteiger partial charge in [-0.3, -0.25) is 4.89 Å². The number of benzene rings is 1. The molecule has 1 rings (SSSR count). The monoisotopic (exact) mass is 338 g/mol. The molecule has 0 saturated carbocycles. The molecule has 0 aliphatic carbocycles. The summed E-state index contributed by atoms with van der Waals surface area (Å²) in [6.45, 7) is 5.74. The third-order valence-electron chi connectivity index (χ3n) is 3.59. The summed E-state index contributed by atoms with van der Waals surface area (Å²) in [5, 5.41) is 4.15. The molecule has 0 aliphatic heterocycles. The third-order valence-corrected chi connectivity index (χ3v) is 3.59. The zero-order chi connectivity index (χ0) is 17.8. The standard InChI is InChI=1S/C18H26O6/c1-4-6-7-8-9-15-10-12-16(13-11-15)17(19)22-24-23-18(20)21-14(3)5-2/h10-14H,4-9H2,1-3H3. The second-order valence-corrected chi connectivity index (χ2v) is 5.62. The van der Waals surface area contributed by atoms with Gasteiger partial charge in [-0.2, -0.15) is 0 Å². The lowest BCUT2D eigenvalue weighted by molar-refractivity contribution is -0.452. The Kier molecular flexibility index (Phi) is 9.53. The Balaban J connectivity index is 2.31. The number of carbonyl (C=O) groups excluding carboxylic acids is 2. The molecule has 1 unspecified atom stereocenters. The zero-order valence-corrected chi connectivity index (χ0v) is 14.6. The molecule has 1 aromatic carbocycles. The smallest absolute Gasteiger partial charge is 0.429 e. The van der Waals surface area contributed by atoms with E-state index in [4.69, 9.17) is 4.74 Å². The summed E-state index contributed by atoms with van der Waals surface area (Å²) in [5.41, 5.74) is 1.48. The van der Waals surface area contributed by atoms with Crippen molar-refractivity contribution in [2.24, 2.45) is 0 Å². The summed E-state index contributed by atoms with van der Waals surface area (Å²) in [6.07, 6.45) is 5.04. The Morgan fingerprint density at radius 1 is 1.00 bits per heavy atom. The van der Waals surface area contributed by atoms with Gasteiger partial charge >= 0.3 is 12.1 Å².